The standard InChI is InChI=1S/C5H11NO2/c1-2-8-6-3-4-7-5-6/h2-5H2,1H3. The van der Waals surface area contributed by atoms with E-state index in [1.54, 1.807) is 0 Å². The molecule has 1 aliphatic heterocycles. The Kier molecular flexibility index (Phi) is 2.27. The summed E-state index contributed by atoms with van der Waals surface area (Å²) in [5.74, 6) is 0. The van der Waals surface area contributed by atoms with E-state index >= 15 is 0 Å². The maximum absolute atomic E-state index is 5.11. The van der Waals surface area contributed by atoms with Gasteiger partial charge in [0.25, 0.3) is 0 Å². The first-order valence-corrected chi connectivity index (χ1v) is 2.89. The molecular weight excluding hydrogens is 106 g/mol. The lowest BCUT2D eigenvalue weighted by molar-refractivity contribution is -0.157. The summed E-state index contributed by atoms with van der Waals surface area (Å²) in [7, 11) is 0. The lowest BCUT2D eigenvalue weighted by Crippen LogP contribution is -2.19. The Bertz CT molecular complexity index is 61.4. The van der Waals surface area contributed by atoms with E-state index in [0.29, 0.717) is 6.73 Å². The first-order valence-electron chi connectivity index (χ1n) is 2.89. The lowest BCUT2D eigenvalue weighted by atomic mass is 10.7. The van der Waals surface area contributed by atoms with E-state index in [9.17, 15) is 0 Å². The van der Waals surface area contributed by atoms with Crippen LogP contribution in [0.1, 0.15) is 6.92 Å². The van der Waals surface area contributed by atoms with Gasteiger partial charge < -0.3 is 4.74 Å². The smallest absolute Gasteiger partial charge is 0.122 e. The van der Waals surface area contributed by atoms with Crippen molar-refractivity contribution in [2.24, 2.45) is 0 Å². The van der Waals surface area contributed by atoms with Gasteiger partial charge in [-0.25, -0.2) is 0 Å². The van der Waals surface area contributed by atoms with Crippen molar-refractivity contribution in [1.29, 1.82) is 0 Å². The number of ether oxygens (including phenoxy) is 1. The summed E-state index contributed by atoms with van der Waals surface area (Å²) < 4.78 is 5.01. The summed E-state index contributed by atoms with van der Waals surface area (Å²) >= 11 is 0. The zero-order chi connectivity index (χ0) is 5.82. The van der Waals surface area contributed by atoms with Crippen molar-refractivity contribution in [3.8, 4) is 0 Å². The molecule has 0 aromatic heterocycles. The molecule has 1 aliphatic rings. The third kappa shape index (κ3) is 1.43. The Hall–Kier alpha value is -0.120. The molecule has 0 N–H and O–H groups in total. The molecule has 1 heterocycles. The Morgan fingerprint density at radius 2 is 2.62 bits per heavy atom. The second kappa shape index (κ2) is 3.02. The Labute approximate surface area is 49.1 Å². The van der Waals surface area contributed by atoms with Crippen LogP contribution in [0.15, 0.2) is 0 Å². The topological polar surface area (TPSA) is 21.7 Å². The third-order valence-corrected chi connectivity index (χ3v) is 1.03. The van der Waals surface area contributed by atoms with Crippen LogP contribution >= 0.6 is 0 Å². The largest absolute Gasteiger partial charge is 0.362 e. The van der Waals surface area contributed by atoms with Gasteiger partial charge in [0.2, 0.25) is 0 Å². The summed E-state index contributed by atoms with van der Waals surface area (Å²) in [4.78, 5) is 5.11. The highest BCUT2D eigenvalue weighted by Gasteiger charge is 2.10. The molecule has 3 heteroatoms. The molecule has 1 rings (SSSR count). The van der Waals surface area contributed by atoms with Crippen molar-refractivity contribution in [3.05, 3.63) is 0 Å². The minimum Gasteiger partial charge on any atom is -0.362 e. The summed E-state index contributed by atoms with van der Waals surface area (Å²) in [6.45, 7) is 5.06. The highest BCUT2D eigenvalue weighted by Crippen LogP contribution is 1.97. The molecule has 1 saturated heterocycles. The van der Waals surface area contributed by atoms with Gasteiger partial charge in [0.1, 0.15) is 6.73 Å². The molecule has 0 bridgehead atoms. The van der Waals surface area contributed by atoms with Crippen LogP contribution in [0.3, 0.4) is 0 Å². The molecule has 0 aromatic carbocycles. The van der Waals surface area contributed by atoms with Gasteiger partial charge in [-0.3, -0.25) is 4.84 Å². The monoisotopic (exact) mass is 117 g/mol. The van der Waals surface area contributed by atoms with E-state index in [4.69, 9.17) is 9.57 Å². The molecule has 0 amide bonds. The predicted octanol–water partition coefficient (Wildman–Crippen LogP) is 0.228. The van der Waals surface area contributed by atoms with Gasteiger partial charge >= 0.3 is 0 Å². The number of hydroxylamine groups is 2. The van der Waals surface area contributed by atoms with Gasteiger partial charge in [0.15, 0.2) is 0 Å². The van der Waals surface area contributed by atoms with Crippen molar-refractivity contribution in [1.82, 2.24) is 5.06 Å². The van der Waals surface area contributed by atoms with Crippen LogP contribution in [-0.2, 0) is 9.57 Å². The number of hydrogen-bond donors (Lipinski definition) is 0. The average molecular weight is 117 g/mol. The van der Waals surface area contributed by atoms with Crippen LogP contribution in [0.25, 0.3) is 0 Å². The number of nitrogens with zero attached hydrogens (tertiary/aromatic N) is 1. The molecule has 0 aromatic rings. The lowest BCUT2D eigenvalue weighted by Gasteiger charge is -2.09. The quantitative estimate of drug-likeness (QED) is 0.516. The van der Waals surface area contributed by atoms with E-state index in [1.165, 1.54) is 0 Å². The van der Waals surface area contributed by atoms with Gasteiger partial charge in [-0.05, 0) is 6.92 Å². The Morgan fingerprint density at radius 3 is 3.12 bits per heavy atom. The van der Waals surface area contributed by atoms with Crippen molar-refractivity contribution < 1.29 is 9.57 Å². The molecule has 0 radical (unpaired) electrons. The number of hydrogen-bond acceptors (Lipinski definition) is 3. The molecule has 3 nitrogen and oxygen atoms in total. The van der Waals surface area contributed by atoms with Crippen molar-refractivity contribution in [2.75, 3.05) is 26.5 Å². The molecule has 1 fully saturated rings. The molecule has 8 heavy (non-hydrogen) atoms. The molecule has 0 unspecified atom stereocenters. The van der Waals surface area contributed by atoms with Gasteiger partial charge in [0, 0.05) is 0 Å². The van der Waals surface area contributed by atoms with Gasteiger partial charge in [-0.2, -0.15) is 5.06 Å². The van der Waals surface area contributed by atoms with Crippen LogP contribution in [0.5, 0.6) is 0 Å². The summed E-state index contributed by atoms with van der Waals surface area (Å²) in [6, 6.07) is 0. The normalized spacial score (nSPS) is 22.1. The first kappa shape index (κ1) is 6.01. The molecule has 0 aliphatic carbocycles. The van der Waals surface area contributed by atoms with Crippen molar-refractivity contribution >= 4 is 0 Å². The Morgan fingerprint density at radius 1 is 1.75 bits per heavy atom. The second-order valence-electron chi connectivity index (χ2n) is 1.66. The fraction of sp³-hybridized carbons (Fsp3) is 1.00. The second-order valence-corrected chi connectivity index (χ2v) is 1.66. The van der Waals surface area contributed by atoms with Gasteiger partial charge in [-0.15, -0.1) is 0 Å². The van der Waals surface area contributed by atoms with Crippen LogP contribution in [0.2, 0.25) is 0 Å². The van der Waals surface area contributed by atoms with Gasteiger partial charge in [-0.1, -0.05) is 0 Å². The molecular formula is C5H11NO2. The van der Waals surface area contributed by atoms with Crippen LogP contribution in [0.4, 0.5) is 0 Å². The molecule has 0 saturated carbocycles. The fourth-order valence-electron chi connectivity index (χ4n) is 0.682. The highest BCUT2D eigenvalue weighted by molar-refractivity contribution is 4.44. The molecule has 48 valence electrons. The molecule has 0 atom stereocenters. The SMILES string of the molecule is CCON1CCOC1. The van der Waals surface area contributed by atoms with Crippen molar-refractivity contribution in [3.63, 3.8) is 0 Å². The van der Waals surface area contributed by atoms with E-state index in [-0.39, 0.29) is 0 Å². The minimum atomic E-state index is 0.633. The average Bonchev–Trinajstić information content (AvgIpc) is 2.19. The van der Waals surface area contributed by atoms with Crippen molar-refractivity contribution in [2.45, 2.75) is 6.92 Å². The zero-order valence-electron chi connectivity index (χ0n) is 5.09. The van der Waals surface area contributed by atoms with E-state index in [0.717, 1.165) is 19.8 Å². The molecule has 0 spiro atoms. The summed E-state index contributed by atoms with van der Waals surface area (Å²) in [6.07, 6.45) is 0. The third-order valence-electron chi connectivity index (χ3n) is 1.03. The maximum atomic E-state index is 5.11. The fourth-order valence-corrected chi connectivity index (χ4v) is 0.682. The highest BCUT2D eigenvalue weighted by atomic mass is 16.7. The van der Waals surface area contributed by atoms with E-state index in [1.807, 2.05) is 12.0 Å². The summed E-state index contributed by atoms with van der Waals surface area (Å²) in [5.41, 5.74) is 0. The summed E-state index contributed by atoms with van der Waals surface area (Å²) in [5, 5.41) is 1.82. The van der Waals surface area contributed by atoms with E-state index in [2.05, 4.69) is 0 Å². The van der Waals surface area contributed by atoms with Gasteiger partial charge in [0.05, 0.1) is 19.8 Å². The van der Waals surface area contributed by atoms with E-state index < -0.39 is 0 Å². The first-order chi connectivity index (χ1) is 3.93. The zero-order valence-corrected chi connectivity index (χ0v) is 5.09. The Balaban J connectivity index is 2.06. The van der Waals surface area contributed by atoms with Crippen LogP contribution in [0, 0.1) is 0 Å². The maximum Gasteiger partial charge on any atom is 0.122 e. The minimum absolute atomic E-state index is 0.633. The number of rotatable bonds is 2. The predicted molar refractivity (Wildman–Crippen MR) is 29.2 cm³/mol. The van der Waals surface area contributed by atoms with Crippen LogP contribution in [-0.4, -0.2) is 31.6 Å². The van der Waals surface area contributed by atoms with Crippen LogP contribution < -0.4 is 0 Å².